The third kappa shape index (κ3) is 3.35. The maximum atomic E-state index is 13.8. The largest absolute Gasteiger partial charge is 0.453 e. The van der Waals surface area contributed by atoms with Gasteiger partial charge in [0.1, 0.15) is 5.75 Å². The van der Waals surface area contributed by atoms with Gasteiger partial charge < -0.3 is 10.5 Å². The predicted octanol–water partition coefficient (Wildman–Crippen LogP) is 2.65. The quantitative estimate of drug-likeness (QED) is 0.699. The zero-order valence-corrected chi connectivity index (χ0v) is 12.1. The number of ether oxygens (including phenoxy) is 1. The Balaban J connectivity index is 1.78. The van der Waals surface area contributed by atoms with Crippen LogP contribution < -0.4 is 10.5 Å². The number of halogens is 1. The molecule has 3 rings (SSSR count). The molecule has 0 atom stereocenters. The highest BCUT2D eigenvalue weighted by molar-refractivity contribution is 5.48. The van der Waals surface area contributed by atoms with E-state index in [4.69, 9.17) is 10.5 Å². The van der Waals surface area contributed by atoms with Crippen molar-refractivity contribution in [2.24, 2.45) is 0 Å². The van der Waals surface area contributed by atoms with Gasteiger partial charge in [-0.05, 0) is 18.6 Å². The van der Waals surface area contributed by atoms with Gasteiger partial charge in [0.05, 0.1) is 12.1 Å². The molecule has 22 heavy (non-hydrogen) atoms. The van der Waals surface area contributed by atoms with E-state index < -0.39 is 5.82 Å². The lowest BCUT2D eigenvalue weighted by Crippen LogP contribution is -2.37. The normalized spacial score (nSPS) is 13.9. The number of hydrogen-bond donors (Lipinski definition) is 1. The summed E-state index contributed by atoms with van der Waals surface area (Å²) in [6, 6.07) is 5.99. The Bertz CT molecular complexity index is 732. The van der Waals surface area contributed by atoms with Crippen LogP contribution >= 0.6 is 0 Å². The molecule has 1 saturated heterocycles. The molecule has 1 aromatic heterocycles. The van der Waals surface area contributed by atoms with Crippen molar-refractivity contribution >= 4 is 5.69 Å². The summed E-state index contributed by atoms with van der Waals surface area (Å²) in [6.07, 6.45) is 4.44. The second-order valence-corrected chi connectivity index (χ2v) is 5.10. The van der Waals surface area contributed by atoms with Crippen LogP contribution in [-0.4, -0.2) is 29.5 Å². The molecule has 1 fully saturated rings. The van der Waals surface area contributed by atoms with Crippen LogP contribution in [0.3, 0.4) is 0 Å². The SMILES string of the molecule is Nc1ccc(Oc2ccncc2C#CCN2CCC2)c(F)c1. The Hall–Kier alpha value is -2.58. The van der Waals surface area contributed by atoms with Crippen molar-refractivity contribution in [1.82, 2.24) is 9.88 Å². The molecule has 0 unspecified atom stereocenters. The summed E-state index contributed by atoms with van der Waals surface area (Å²) in [5.74, 6) is 6.23. The van der Waals surface area contributed by atoms with E-state index in [1.807, 2.05) is 0 Å². The number of aromatic nitrogens is 1. The lowest BCUT2D eigenvalue weighted by atomic mass is 10.2. The van der Waals surface area contributed by atoms with E-state index in [1.165, 1.54) is 18.6 Å². The van der Waals surface area contributed by atoms with Crippen LogP contribution in [0.1, 0.15) is 12.0 Å². The molecule has 1 aliphatic rings. The first-order chi connectivity index (χ1) is 10.7. The summed E-state index contributed by atoms with van der Waals surface area (Å²) in [5.41, 5.74) is 6.52. The monoisotopic (exact) mass is 297 g/mol. The van der Waals surface area contributed by atoms with E-state index in [0.717, 1.165) is 19.6 Å². The second kappa shape index (κ2) is 6.46. The average Bonchev–Trinajstić information content (AvgIpc) is 2.46. The number of benzene rings is 1. The van der Waals surface area contributed by atoms with Crippen LogP contribution in [0.5, 0.6) is 11.5 Å². The lowest BCUT2D eigenvalue weighted by molar-refractivity contribution is 0.207. The highest BCUT2D eigenvalue weighted by atomic mass is 19.1. The molecule has 2 aromatic rings. The van der Waals surface area contributed by atoms with E-state index in [-0.39, 0.29) is 5.75 Å². The second-order valence-electron chi connectivity index (χ2n) is 5.10. The van der Waals surface area contributed by atoms with E-state index in [2.05, 4.69) is 21.7 Å². The van der Waals surface area contributed by atoms with E-state index in [1.54, 1.807) is 24.5 Å². The summed E-state index contributed by atoms with van der Waals surface area (Å²) in [6.45, 7) is 2.92. The number of likely N-dealkylation sites (tertiary alicyclic amines) is 1. The molecular formula is C17H16FN3O. The Morgan fingerprint density at radius 1 is 1.27 bits per heavy atom. The number of nitrogens with zero attached hydrogens (tertiary/aromatic N) is 2. The Labute approximate surface area is 128 Å². The van der Waals surface area contributed by atoms with Gasteiger partial charge in [-0.3, -0.25) is 9.88 Å². The molecule has 2 heterocycles. The molecule has 0 aliphatic carbocycles. The molecule has 0 amide bonds. The van der Waals surface area contributed by atoms with Crippen LogP contribution in [0.4, 0.5) is 10.1 Å². The first-order valence-corrected chi connectivity index (χ1v) is 7.10. The molecule has 4 nitrogen and oxygen atoms in total. The fourth-order valence-corrected chi connectivity index (χ4v) is 2.07. The zero-order valence-electron chi connectivity index (χ0n) is 12.1. The minimum absolute atomic E-state index is 0.117. The standard InChI is InChI=1S/C17H16FN3O/c18-15-11-14(19)4-5-17(15)22-16-6-7-20-12-13(16)3-1-8-21-9-2-10-21/h4-7,11-12H,2,8-10,19H2. The topological polar surface area (TPSA) is 51.4 Å². The van der Waals surface area contributed by atoms with Crippen molar-refractivity contribution in [3.05, 3.63) is 48.0 Å². The summed E-state index contributed by atoms with van der Waals surface area (Å²) < 4.78 is 19.4. The number of hydrogen-bond acceptors (Lipinski definition) is 4. The number of pyridine rings is 1. The van der Waals surface area contributed by atoms with Crippen LogP contribution in [0.15, 0.2) is 36.7 Å². The Morgan fingerprint density at radius 3 is 2.86 bits per heavy atom. The highest BCUT2D eigenvalue weighted by Crippen LogP contribution is 2.27. The maximum Gasteiger partial charge on any atom is 0.167 e. The minimum Gasteiger partial charge on any atom is -0.453 e. The zero-order chi connectivity index (χ0) is 15.4. The van der Waals surface area contributed by atoms with Gasteiger partial charge in [-0.25, -0.2) is 4.39 Å². The average molecular weight is 297 g/mol. The number of anilines is 1. The van der Waals surface area contributed by atoms with Gasteiger partial charge in [0, 0.05) is 43.3 Å². The van der Waals surface area contributed by atoms with Gasteiger partial charge in [-0.2, -0.15) is 0 Å². The predicted molar refractivity (Wildman–Crippen MR) is 83.1 cm³/mol. The van der Waals surface area contributed by atoms with Gasteiger partial charge in [-0.15, -0.1) is 0 Å². The van der Waals surface area contributed by atoms with E-state index in [9.17, 15) is 4.39 Å². The van der Waals surface area contributed by atoms with Crippen molar-refractivity contribution in [2.75, 3.05) is 25.4 Å². The van der Waals surface area contributed by atoms with Gasteiger partial charge in [0.25, 0.3) is 0 Å². The van der Waals surface area contributed by atoms with Crippen molar-refractivity contribution in [1.29, 1.82) is 0 Å². The molecule has 0 spiro atoms. The Morgan fingerprint density at radius 2 is 2.14 bits per heavy atom. The van der Waals surface area contributed by atoms with Gasteiger partial charge in [-0.1, -0.05) is 11.8 Å². The summed E-state index contributed by atoms with van der Waals surface area (Å²) in [5, 5.41) is 0. The molecule has 0 radical (unpaired) electrons. The molecule has 5 heteroatoms. The van der Waals surface area contributed by atoms with Gasteiger partial charge >= 0.3 is 0 Å². The summed E-state index contributed by atoms with van der Waals surface area (Å²) in [4.78, 5) is 6.30. The first-order valence-electron chi connectivity index (χ1n) is 7.10. The summed E-state index contributed by atoms with van der Waals surface area (Å²) >= 11 is 0. The van der Waals surface area contributed by atoms with Gasteiger partial charge in [0.15, 0.2) is 11.6 Å². The van der Waals surface area contributed by atoms with Crippen LogP contribution in [0.2, 0.25) is 0 Å². The summed E-state index contributed by atoms with van der Waals surface area (Å²) in [7, 11) is 0. The smallest absolute Gasteiger partial charge is 0.167 e. The van der Waals surface area contributed by atoms with Gasteiger partial charge in [0.2, 0.25) is 0 Å². The maximum absolute atomic E-state index is 13.8. The van der Waals surface area contributed by atoms with Crippen molar-refractivity contribution in [3.8, 4) is 23.3 Å². The molecule has 0 saturated carbocycles. The molecule has 1 aromatic carbocycles. The molecule has 0 bridgehead atoms. The fraction of sp³-hybridized carbons (Fsp3) is 0.235. The van der Waals surface area contributed by atoms with E-state index >= 15 is 0 Å². The molecular weight excluding hydrogens is 281 g/mol. The molecule has 2 N–H and O–H groups in total. The number of nitrogen functional groups attached to an aromatic ring is 1. The molecule has 1 aliphatic heterocycles. The number of nitrogens with two attached hydrogens (primary N) is 1. The highest BCUT2D eigenvalue weighted by Gasteiger charge is 2.11. The lowest BCUT2D eigenvalue weighted by Gasteiger charge is -2.28. The Kier molecular flexibility index (Phi) is 4.22. The third-order valence-electron chi connectivity index (χ3n) is 3.43. The van der Waals surface area contributed by atoms with E-state index in [0.29, 0.717) is 17.0 Å². The first kappa shape index (κ1) is 14.4. The van der Waals surface area contributed by atoms with Crippen molar-refractivity contribution in [2.45, 2.75) is 6.42 Å². The number of rotatable bonds is 3. The minimum atomic E-state index is -0.503. The van der Waals surface area contributed by atoms with Crippen molar-refractivity contribution in [3.63, 3.8) is 0 Å². The molecule has 112 valence electrons. The van der Waals surface area contributed by atoms with Crippen LogP contribution in [0.25, 0.3) is 0 Å². The third-order valence-corrected chi connectivity index (χ3v) is 3.43. The fourth-order valence-electron chi connectivity index (χ4n) is 2.07. The van der Waals surface area contributed by atoms with Crippen LogP contribution in [0, 0.1) is 17.7 Å². The van der Waals surface area contributed by atoms with Crippen molar-refractivity contribution < 1.29 is 9.13 Å². The van der Waals surface area contributed by atoms with Crippen LogP contribution in [-0.2, 0) is 0 Å².